The van der Waals surface area contributed by atoms with Gasteiger partial charge in [0.15, 0.2) is 0 Å². The van der Waals surface area contributed by atoms with Crippen LogP contribution in [0.4, 0.5) is 0 Å². The van der Waals surface area contributed by atoms with Crippen LogP contribution in [0, 0.1) is 12.9 Å². The number of imidazole rings is 1. The van der Waals surface area contributed by atoms with Crippen LogP contribution in [0.1, 0.15) is 112 Å². The molecule has 7 aromatic carbocycles. The Kier molecular flexibility index (Phi) is 12.0. The van der Waals surface area contributed by atoms with Gasteiger partial charge in [0.1, 0.15) is 11.6 Å². The number of hydrogen-bond acceptors (Lipinski definition) is 3. The summed E-state index contributed by atoms with van der Waals surface area (Å²) in [5.74, 6) is 0.00187. The Balaban J connectivity index is 0.00000659. The summed E-state index contributed by atoms with van der Waals surface area (Å²) in [6, 6.07) is 54.5. The van der Waals surface area contributed by atoms with Crippen LogP contribution in [0.25, 0.3) is 83.9 Å². The van der Waals surface area contributed by atoms with Crippen molar-refractivity contribution in [2.75, 3.05) is 0 Å². The molecule has 9 aromatic rings. The fraction of sp³-hybridized carbons (Fsp3) is 0.213. The number of aromatic nitrogens is 3. The summed E-state index contributed by atoms with van der Waals surface area (Å²) in [5, 5.41) is 12.3. The maximum absolute atomic E-state index is 12.3. The second kappa shape index (κ2) is 19.2. The third kappa shape index (κ3) is 9.09. The van der Waals surface area contributed by atoms with Gasteiger partial charge in [-0.15, -0.1) is 23.8 Å². The fourth-order valence-electron chi connectivity index (χ4n) is 8.75. The Morgan fingerprint density at radius 2 is 1.20 bits per heavy atom. The molecule has 0 fully saturated rings. The molecule has 0 aliphatic carbocycles. The maximum Gasteiger partial charge on any atom is 0.148 e. The molecule has 1 N–H and O–H groups in total. The molecular weight excluding hydrogens is 986 g/mol. The number of phenolic OH excluding ortho intramolecular Hbond substituents is 1. The van der Waals surface area contributed by atoms with E-state index < -0.39 is 12.7 Å². The first-order valence-corrected chi connectivity index (χ1v) is 22.7. The van der Waals surface area contributed by atoms with Gasteiger partial charge in [0.05, 0.1) is 22.3 Å². The molecule has 0 atom stereocenters. The predicted octanol–water partition coefficient (Wildman–Crippen LogP) is 16.7. The van der Waals surface area contributed by atoms with E-state index in [4.69, 9.17) is 15.5 Å². The molecule has 0 radical (unpaired) electrons. The molecule has 0 unspecified atom stereocenters. The molecule has 66 heavy (non-hydrogen) atoms. The zero-order valence-corrected chi connectivity index (χ0v) is 41.1. The summed E-state index contributed by atoms with van der Waals surface area (Å²) in [4.78, 5) is 10.4. The number of aromatic hydroxyl groups is 1. The van der Waals surface area contributed by atoms with Gasteiger partial charge in [-0.2, -0.15) is 0 Å². The monoisotopic (exact) mass is 1050 g/mol. The van der Waals surface area contributed by atoms with Crippen molar-refractivity contribution in [1.29, 1.82) is 0 Å². The van der Waals surface area contributed by atoms with E-state index in [9.17, 15) is 5.11 Å². The first-order chi connectivity index (χ1) is 32.8. The van der Waals surface area contributed by atoms with Gasteiger partial charge in [0.2, 0.25) is 0 Å². The number of para-hydroxylation sites is 1. The van der Waals surface area contributed by atoms with E-state index in [1.807, 2.05) is 110 Å². The first-order valence-electron chi connectivity index (χ1n) is 24.7. The van der Waals surface area contributed by atoms with Crippen molar-refractivity contribution in [3.05, 3.63) is 192 Å². The molecule has 334 valence electrons. The topological polar surface area (TPSA) is 50.9 Å². The van der Waals surface area contributed by atoms with Gasteiger partial charge in [-0.1, -0.05) is 181 Å². The predicted molar refractivity (Wildman–Crippen MR) is 273 cm³/mol. The number of pyridine rings is 1. The summed E-state index contributed by atoms with van der Waals surface area (Å²) in [7, 11) is 0. The SMILES string of the molecule is [2H]C([2H])([2H])c1cc(-c2cc(C(C)C)cc(C([2H])(C)C)c2)ccc1-n1c(-c2cc(C(C)C)cc(C(C)C)c2O)nc2c(-c3[c-]c(-c4cc(-c5ccccc5)ccn4)cc(-c4ccccc4)c3)cccc21.[Pt]. The van der Waals surface area contributed by atoms with Crippen molar-refractivity contribution >= 4 is 11.0 Å². The van der Waals surface area contributed by atoms with Crippen LogP contribution in [0.15, 0.2) is 158 Å². The molecule has 9 rings (SSSR count). The Hall–Kier alpha value is -6.35. The van der Waals surface area contributed by atoms with Gasteiger partial charge in [0, 0.05) is 38.4 Å². The number of aryl methyl sites for hydroxylation is 1. The second-order valence-electron chi connectivity index (χ2n) is 18.3. The number of rotatable bonds is 11. The van der Waals surface area contributed by atoms with Crippen molar-refractivity contribution in [2.24, 2.45) is 0 Å². The largest absolute Gasteiger partial charge is 0.507 e. The molecule has 0 amide bonds. The van der Waals surface area contributed by atoms with Gasteiger partial charge >= 0.3 is 0 Å². The van der Waals surface area contributed by atoms with E-state index in [1.165, 1.54) is 0 Å². The van der Waals surface area contributed by atoms with Crippen LogP contribution >= 0.6 is 0 Å². The molecule has 2 heterocycles. The smallest absolute Gasteiger partial charge is 0.148 e. The third-order valence-corrected chi connectivity index (χ3v) is 12.6. The van der Waals surface area contributed by atoms with Gasteiger partial charge in [-0.3, -0.25) is 9.55 Å². The number of nitrogens with zero attached hydrogens (tertiary/aromatic N) is 3. The average molecular weight is 1050 g/mol. The van der Waals surface area contributed by atoms with E-state index in [2.05, 4.69) is 108 Å². The molecule has 2 aromatic heterocycles. The summed E-state index contributed by atoms with van der Waals surface area (Å²) < 4.78 is 38.1. The molecule has 0 saturated carbocycles. The standard InChI is InChI=1S/C61H58N3O.Pt/c1-37(2)46-28-47(38(3)4)30-50(29-46)44-23-24-57(41(9)27-44)64-58-22-16-21-53(59(58)63-61(64)55-35-48(39(5)6)34-54(40(7)8)60(55)65)51-31-49(43-19-14-11-15-20-43)32-52(33-51)56-36-45(25-26-62-56)42-17-12-10-13-18-42;/h10-32,34-40,65H,1-9H3;/q-1;/i9D3,37D;. The van der Waals surface area contributed by atoms with Crippen LogP contribution in [-0.2, 0) is 21.1 Å². The van der Waals surface area contributed by atoms with E-state index in [0.29, 0.717) is 28.1 Å². The first kappa shape index (κ1) is 41.1. The van der Waals surface area contributed by atoms with Gasteiger partial charge in [0.25, 0.3) is 0 Å². The van der Waals surface area contributed by atoms with Crippen molar-refractivity contribution in [3.63, 3.8) is 0 Å². The van der Waals surface area contributed by atoms with Crippen LogP contribution in [-0.4, -0.2) is 19.6 Å². The zero-order valence-electron chi connectivity index (χ0n) is 42.8. The van der Waals surface area contributed by atoms with E-state index in [-0.39, 0.29) is 50.1 Å². The number of hydrogen-bond donors (Lipinski definition) is 1. The number of fused-ring (bicyclic) bond motifs is 1. The van der Waals surface area contributed by atoms with Crippen molar-refractivity contribution < 1.29 is 31.7 Å². The Morgan fingerprint density at radius 1 is 0.561 bits per heavy atom. The summed E-state index contributed by atoms with van der Waals surface area (Å²) >= 11 is 0. The molecule has 0 saturated heterocycles. The molecule has 0 aliphatic heterocycles. The maximum atomic E-state index is 12.3. The second-order valence-corrected chi connectivity index (χ2v) is 18.3. The third-order valence-electron chi connectivity index (χ3n) is 12.6. The minimum Gasteiger partial charge on any atom is -0.507 e. The minimum absolute atomic E-state index is 0. The van der Waals surface area contributed by atoms with Gasteiger partial charge in [-0.05, 0) is 116 Å². The molecule has 0 spiro atoms. The number of phenols is 1. The molecule has 5 heteroatoms. The summed E-state index contributed by atoms with van der Waals surface area (Å²) in [5.41, 5.74) is 15.0. The van der Waals surface area contributed by atoms with Crippen LogP contribution in [0.2, 0.25) is 0 Å². The van der Waals surface area contributed by atoms with Crippen molar-refractivity contribution in [3.8, 4) is 78.6 Å². The molecule has 0 bridgehead atoms. The Labute approximate surface area is 411 Å². The Bertz CT molecular complexity index is 3350. The van der Waals surface area contributed by atoms with Gasteiger partial charge < -0.3 is 5.11 Å². The van der Waals surface area contributed by atoms with Crippen LogP contribution in [0.3, 0.4) is 0 Å². The Morgan fingerprint density at radius 3 is 1.86 bits per heavy atom. The molecular formula is C61H58N3OPt-. The average Bonchev–Trinajstić information content (AvgIpc) is 3.73. The van der Waals surface area contributed by atoms with Crippen LogP contribution in [0.5, 0.6) is 5.75 Å². The normalized spacial score (nSPS) is 12.8. The quantitative estimate of drug-likeness (QED) is 0.131. The van der Waals surface area contributed by atoms with E-state index >= 15 is 0 Å². The van der Waals surface area contributed by atoms with Crippen molar-refractivity contribution in [2.45, 2.75) is 85.9 Å². The zero-order chi connectivity index (χ0) is 48.9. The minimum atomic E-state index is -2.55. The summed E-state index contributed by atoms with van der Waals surface area (Å²) in [6.45, 7) is 13.8. The fourth-order valence-corrected chi connectivity index (χ4v) is 8.75. The van der Waals surface area contributed by atoms with Gasteiger partial charge in [-0.25, -0.2) is 4.98 Å². The molecule has 4 nitrogen and oxygen atoms in total. The van der Waals surface area contributed by atoms with E-state index in [1.54, 1.807) is 6.07 Å². The van der Waals surface area contributed by atoms with E-state index in [0.717, 1.165) is 78.0 Å². The van der Waals surface area contributed by atoms with Crippen molar-refractivity contribution in [1.82, 2.24) is 14.5 Å². The summed E-state index contributed by atoms with van der Waals surface area (Å²) in [6.07, 6.45) is 1.84. The number of benzene rings is 7. The molecule has 0 aliphatic rings. The van der Waals surface area contributed by atoms with Crippen LogP contribution < -0.4 is 0 Å².